The van der Waals surface area contributed by atoms with Gasteiger partial charge in [0.05, 0.1) is 0 Å². The van der Waals surface area contributed by atoms with E-state index < -0.39 is 26.0 Å². The molecule has 0 aromatic rings. The second kappa shape index (κ2) is 7.17. The van der Waals surface area contributed by atoms with Crippen molar-refractivity contribution in [1.82, 2.24) is 9.80 Å². The van der Waals surface area contributed by atoms with Gasteiger partial charge in [0.2, 0.25) is 0 Å². The molecular weight excluding hydrogens is 176 g/mol. The summed E-state index contributed by atoms with van der Waals surface area (Å²) in [6.07, 6.45) is 0.460. The van der Waals surface area contributed by atoms with Crippen LogP contribution in [0.15, 0.2) is 0 Å². The van der Waals surface area contributed by atoms with Gasteiger partial charge in [0.25, 0.3) is 0 Å². The molecule has 0 unspecified atom stereocenters. The molecule has 1 heterocycles. The Morgan fingerprint density at radius 1 is 0.857 bits per heavy atom. The minimum absolute atomic E-state index is 0.172. The van der Waals surface area contributed by atoms with E-state index in [1.165, 1.54) is 0 Å². The first kappa shape index (κ1) is 4.78. The van der Waals surface area contributed by atoms with Crippen LogP contribution in [-0.2, 0) is 0 Å². The predicted octanol–water partition coefficient (Wildman–Crippen LogP) is -0.698. The maximum Gasteiger partial charge on any atom is 0.0444 e. The highest BCUT2D eigenvalue weighted by molar-refractivity contribution is 4.71. The van der Waals surface area contributed by atoms with Crippen molar-refractivity contribution in [3.63, 3.8) is 0 Å². The zero-order valence-corrected chi connectivity index (χ0v) is 8.29. The van der Waals surface area contributed by atoms with Gasteiger partial charge >= 0.3 is 0 Å². The summed E-state index contributed by atoms with van der Waals surface area (Å²) in [5, 5.41) is 0. The molecule has 0 spiro atoms. The monoisotopic (exact) mass is 208 g/mol. The molecule has 1 fully saturated rings. The Balaban J connectivity index is 3.33. The van der Waals surface area contributed by atoms with E-state index in [1.807, 2.05) is 0 Å². The van der Waals surface area contributed by atoms with Crippen LogP contribution in [0, 0.1) is 0 Å². The molecule has 0 aromatic carbocycles. The van der Waals surface area contributed by atoms with Crippen LogP contribution >= 0.6 is 0 Å². The van der Waals surface area contributed by atoms with Crippen LogP contribution in [0.2, 0.25) is 0 Å². The fraction of sp³-hybridized carbons (Fsp3) is 1.00. The third-order valence-corrected chi connectivity index (χ3v) is 1.81. The van der Waals surface area contributed by atoms with Crippen molar-refractivity contribution >= 4 is 0 Å². The average molecular weight is 208 g/mol. The number of hydrogen-bond acceptors (Lipinski definition) is 4. The zero-order chi connectivity index (χ0) is 17.4. The van der Waals surface area contributed by atoms with Crippen LogP contribution in [0.3, 0.4) is 0 Å². The van der Waals surface area contributed by atoms with Crippen LogP contribution in [-0.4, -0.2) is 62.0 Å². The van der Waals surface area contributed by atoms with Gasteiger partial charge in [-0.25, -0.2) is 0 Å². The summed E-state index contributed by atoms with van der Waals surface area (Å²) in [6, 6.07) is 0. The predicted molar refractivity (Wildman–Crippen MR) is 60.2 cm³/mol. The molecule has 1 saturated heterocycles. The van der Waals surface area contributed by atoms with Gasteiger partial charge in [-0.3, -0.25) is 0 Å². The summed E-state index contributed by atoms with van der Waals surface area (Å²) < 4.78 is 64.5. The summed E-state index contributed by atoms with van der Waals surface area (Å²) >= 11 is 0. The first-order chi connectivity index (χ1) is 9.89. The quantitative estimate of drug-likeness (QED) is 0.606. The molecule has 1 aliphatic heterocycles. The number of nitrogens with zero attached hydrogens (tertiary/aromatic N) is 2. The lowest BCUT2D eigenvalue weighted by Gasteiger charge is -2.34. The highest BCUT2D eigenvalue weighted by Crippen LogP contribution is 2.02. The molecule has 4 heteroatoms. The lowest BCUT2D eigenvalue weighted by atomic mass is 10.2. The van der Waals surface area contributed by atoms with Gasteiger partial charge in [0, 0.05) is 37.0 Å². The van der Waals surface area contributed by atoms with Crippen molar-refractivity contribution in [2.45, 2.75) is 12.8 Å². The molecule has 0 amide bonds. The highest BCUT2D eigenvalue weighted by Gasteiger charge is 2.15. The molecule has 0 atom stereocenters. The molecule has 0 aromatic heterocycles. The van der Waals surface area contributed by atoms with Crippen molar-refractivity contribution in [3.8, 4) is 0 Å². The van der Waals surface area contributed by atoms with Crippen LogP contribution < -0.4 is 11.5 Å². The normalized spacial score (nSPS) is 43.0. The number of piperazine rings is 1. The molecule has 4 nitrogen and oxygen atoms in total. The fourth-order valence-electron chi connectivity index (χ4n) is 1.02. The molecular formula is C10H24N4. The lowest BCUT2D eigenvalue weighted by Crippen LogP contribution is -2.47. The number of hydrogen-bond donors (Lipinski definition) is 2. The Morgan fingerprint density at radius 3 is 1.50 bits per heavy atom. The summed E-state index contributed by atoms with van der Waals surface area (Å²) in [4.78, 5) is 1.21. The minimum Gasteiger partial charge on any atom is -0.330 e. The van der Waals surface area contributed by atoms with E-state index in [2.05, 4.69) is 0 Å². The second-order valence-electron chi connectivity index (χ2n) is 3.03. The fourth-order valence-corrected chi connectivity index (χ4v) is 1.02. The number of rotatable bonds is 6. The van der Waals surface area contributed by atoms with Gasteiger partial charge in [0.1, 0.15) is 0 Å². The Kier molecular flexibility index (Phi) is 2.45. The van der Waals surface area contributed by atoms with Crippen molar-refractivity contribution < 1.29 is 11.0 Å². The Hall–Kier alpha value is -0.160. The van der Waals surface area contributed by atoms with E-state index >= 15 is 0 Å². The average Bonchev–Trinajstić information content (AvgIpc) is 2.37. The zero-order valence-electron chi connectivity index (χ0n) is 16.3. The van der Waals surface area contributed by atoms with Crippen molar-refractivity contribution in [3.05, 3.63) is 0 Å². The van der Waals surface area contributed by atoms with E-state index in [0.29, 0.717) is 9.80 Å². The van der Waals surface area contributed by atoms with E-state index in [-0.39, 0.29) is 39.0 Å². The maximum atomic E-state index is 8.06. The van der Waals surface area contributed by atoms with Crippen LogP contribution in [0.5, 0.6) is 0 Å². The van der Waals surface area contributed by atoms with E-state index in [0.717, 1.165) is 0 Å². The molecule has 84 valence electrons. The lowest BCUT2D eigenvalue weighted by molar-refractivity contribution is 0.131. The largest absolute Gasteiger partial charge is 0.330 e. The van der Waals surface area contributed by atoms with Gasteiger partial charge in [-0.15, -0.1) is 0 Å². The van der Waals surface area contributed by atoms with E-state index in [9.17, 15) is 0 Å². The topological polar surface area (TPSA) is 58.5 Å². The van der Waals surface area contributed by atoms with Gasteiger partial charge in [-0.2, -0.15) is 0 Å². The van der Waals surface area contributed by atoms with Gasteiger partial charge in [-0.05, 0) is 39.0 Å². The van der Waals surface area contributed by atoms with Crippen molar-refractivity contribution in [2.24, 2.45) is 11.5 Å². The van der Waals surface area contributed by atoms with Gasteiger partial charge in [-0.1, -0.05) is 0 Å². The summed E-state index contributed by atoms with van der Waals surface area (Å²) in [7, 11) is 0. The Labute approximate surface area is 98.5 Å². The molecule has 0 radical (unpaired) electrons. The van der Waals surface area contributed by atoms with E-state index in [1.54, 1.807) is 0 Å². The van der Waals surface area contributed by atoms with Crippen molar-refractivity contribution in [1.29, 1.82) is 0 Å². The second-order valence-corrected chi connectivity index (χ2v) is 3.03. The van der Waals surface area contributed by atoms with Crippen molar-refractivity contribution in [2.75, 3.05) is 52.2 Å². The molecule has 1 aliphatic rings. The molecule has 1 rings (SSSR count). The Bertz CT molecular complexity index is 325. The molecule has 0 aliphatic carbocycles. The number of nitrogens with two attached hydrogens (primary N) is 2. The highest BCUT2D eigenvalue weighted by atomic mass is 15.3. The first-order valence-electron chi connectivity index (χ1n) is 8.84. The SMILES string of the molecule is [2H]C1([2H])N(CCCN)C([2H])([2H])C([2H])([2H])N(CCCN)C1([2H])[2H]. The Morgan fingerprint density at radius 2 is 1.21 bits per heavy atom. The summed E-state index contributed by atoms with van der Waals surface area (Å²) in [6.45, 7) is -10.9. The molecule has 0 saturated carbocycles. The smallest absolute Gasteiger partial charge is 0.0444 e. The molecule has 14 heavy (non-hydrogen) atoms. The van der Waals surface area contributed by atoms with Crippen LogP contribution in [0.4, 0.5) is 0 Å². The van der Waals surface area contributed by atoms with E-state index in [4.69, 9.17) is 22.4 Å². The van der Waals surface area contributed by atoms with Crippen LogP contribution in [0.1, 0.15) is 23.8 Å². The molecule has 4 N–H and O–H groups in total. The first-order valence-corrected chi connectivity index (χ1v) is 4.84. The third-order valence-electron chi connectivity index (χ3n) is 1.81. The third kappa shape index (κ3) is 4.37. The minimum atomic E-state index is -2.72. The van der Waals surface area contributed by atoms with Crippen LogP contribution in [0.25, 0.3) is 0 Å². The standard InChI is InChI=1S/C10H24N4/c11-3-1-5-13-7-9-14(10-8-13)6-2-4-12/h1-12H2/i7D2,8D2,9D2,10D2. The molecule has 0 bridgehead atoms. The van der Waals surface area contributed by atoms with Gasteiger partial charge in [0.15, 0.2) is 0 Å². The van der Waals surface area contributed by atoms with Gasteiger partial charge < -0.3 is 21.3 Å². The maximum absolute atomic E-state index is 8.06. The summed E-state index contributed by atoms with van der Waals surface area (Å²) in [5.41, 5.74) is 10.7. The summed E-state index contributed by atoms with van der Waals surface area (Å²) in [5.74, 6) is 0.